The van der Waals surface area contributed by atoms with Gasteiger partial charge in [0.1, 0.15) is 8.07 Å². The molecule has 0 rings (SSSR count). The molecule has 0 heterocycles. The lowest BCUT2D eigenvalue weighted by Gasteiger charge is -2.28. The molecule has 0 bridgehead atoms. The Morgan fingerprint density at radius 3 is 1.71 bits per heavy atom. The second-order valence-corrected chi connectivity index (χ2v) is 7.96. The van der Waals surface area contributed by atoms with Crippen molar-refractivity contribution in [1.82, 2.24) is 4.90 Å². The van der Waals surface area contributed by atoms with Gasteiger partial charge in [-0.25, -0.2) is 0 Å². The van der Waals surface area contributed by atoms with Crippen molar-refractivity contribution in [2.75, 3.05) is 19.3 Å². The van der Waals surface area contributed by atoms with Crippen molar-refractivity contribution in [3.8, 4) is 0 Å². The predicted octanol–water partition coefficient (Wildman–Crippen LogP) is 3.18. The van der Waals surface area contributed by atoms with Gasteiger partial charge in [0, 0.05) is 6.17 Å². The van der Waals surface area contributed by atoms with Crippen LogP contribution in [0.25, 0.3) is 0 Å². The summed E-state index contributed by atoms with van der Waals surface area (Å²) in [6, 6.07) is 0. The van der Waals surface area contributed by atoms with E-state index in [4.69, 9.17) is 0 Å². The first-order valence-corrected chi connectivity index (χ1v) is 8.48. The van der Waals surface area contributed by atoms with Gasteiger partial charge in [0.05, 0.1) is 0 Å². The Morgan fingerprint density at radius 2 is 1.43 bits per heavy atom. The van der Waals surface area contributed by atoms with Crippen LogP contribution in [0.4, 0.5) is 0 Å². The van der Waals surface area contributed by atoms with E-state index in [2.05, 4.69) is 62.7 Å². The van der Waals surface area contributed by atoms with E-state index >= 15 is 0 Å². The van der Waals surface area contributed by atoms with Crippen molar-refractivity contribution in [1.29, 1.82) is 0 Å². The summed E-state index contributed by atoms with van der Waals surface area (Å²) < 4.78 is 0. The third-order valence-corrected chi connectivity index (χ3v) is 5.87. The Hall–Kier alpha value is -0.343. The third-order valence-electron chi connectivity index (χ3n) is 2.55. The predicted molar refractivity (Wildman–Crippen MR) is 69.0 cm³/mol. The Balaban J connectivity index is 4.49. The number of hydrogen-bond acceptors (Lipinski definition) is 1. The number of hydrogen-bond donors (Lipinski definition) is 0. The molecule has 2 heteroatoms. The zero-order chi connectivity index (χ0) is 11.0. The fourth-order valence-corrected chi connectivity index (χ4v) is 5.11. The Bertz CT molecular complexity index is 180. The first-order valence-electron chi connectivity index (χ1n) is 5.62. The van der Waals surface area contributed by atoms with Crippen LogP contribution in [0.2, 0.25) is 6.55 Å². The molecule has 0 unspecified atom stereocenters. The van der Waals surface area contributed by atoms with Crippen molar-refractivity contribution >= 4 is 8.07 Å². The van der Waals surface area contributed by atoms with E-state index in [1.54, 1.807) is 0 Å². The molecule has 1 nitrogen and oxygen atoms in total. The lowest BCUT2D eigenvalue weighted by molar-refractivity contribution is 0.349. The van der Waals surface area contributed by atoms with Crippen molar-refractivity contribution < 1.29 is 0 Å². The normalized spacial score (nSPS) is 17.0. The average molecular weight is 211 g/mol. The summed E-state index contributed by atoms with van der Waals surface area (Å²) in [6.45, 7) is 13.5. The van der Waals surface area contributed by atoms with Crippen molar-refractivity contribution in [3.05, 3.63) is 23.6 Å². The molecule has 0 amide bonds. The van der Waals surface area contributed by atoms with E-state index in [1.807, 2.05) is 0 Å². The van der Waals surface area contributed by atoms with Crippen LogP contribution in [0.3, 0.4) is 0 Å². The molecule has 0 saturated heterocycles. The fourth-order valence-electron chi connectivity index (χ4n) is 1.85. The van der Waals surface area contributed by atoms with Crippen molar-refractivity contribution in [2.45, 2.75) is 34.2 Å². The lowest BCUT2D eigenvalue weighted by Crippen LogP contribution is -2.42. The molecular weight excluding hydrogens is 186 g/mol. The van der Waals surface area contributed by atoms with E-state index in [0.29, 0.717) is 0 Å². The molecule has 0 aromatic rings. The zero-order valence-electron chi connectivity index (χ0n) is 10.4. The fraction of sp³-hybridized carbons (Fsp3) is 0.667. The molecule has 0 aliphatic rings. The van der Waals surface area contributed by atoms with Crippen molar-refractivity contribution in [2.24, 2.45) is 0 Å². The third kappa shape index (κ3) is 4.77. The number of rotatable bonds is 6. The smallest absolute Gasteiger partial charge is 0.112 e. The lowest BCUT2D eigenvalue weighted by atomic mass is 10.6. The van der Waals surface area contributed by atoms with E-state index in [-0.39, 0.29) is 0 Å². The van der Waals surface area contributed by atoms with Gasteiger partial charge in [-0.2, -0.15) is 0 Å². The highest BCUT2D eigenvalue weighted by Gasteiger charge is 2.21. The molecule has 0 fully saturated rings. The quantitative estimate of drug-likeness (QED) is 0.610. The molecule has 0 aromatic carbocycles. The van der Waals surface area contributed by atoms with Gasteiger partial charge in [-0.05, 0) is 26.9 Å². The minimum Gasteiger partial charge on any atom is -0.306 e. The highest BCUT2D eigenvalue weighted by molar-refractivity contribution is 6.88. The van der Waals surface area contributed by atoms with Crippen LogP contribution >= 0.6 is 0 Å². The summed E-state index contributed by atoms with van der Waals surface area (Å²) in [5.41, 5.74) is 4.84. The summed E-state index contributed by atoms with van der Waals surface area (Å²) in [5, 5.41) is 0. The number of nitrogens with zero attached hydrogens (tertiary/aromatic N) is 1. The molecule has 0 aromatic heterocycles. The second kappa shape index (κ2) is 7.02. The van der Waals surface area contributed by atoms with Gasteiger partial charge in [0.25, 0.3) is 0 Å². The van der Waals surface area contributed by atoms with Crippen LogP contribution in [0.5, 0.6) is 0 Å². The molecule has 0 N–H and O–H groups in total. The Morgan fingerprint density at radius 1 is 1.00 bits per heavy atom. The molecule has 14 heavy (non-hydrogen) atoms. The van der Waals surface area contributed by atoms with Crippen LogP contribution in [-0.2, 0) is 0 Å². The van der Waals surface area contributed by atoms with E-state index in [9.17, 15) is 0 Å². The Labute approximate surface area is 90.5 Å². The largest absolute Gasteiger partial charge is 0.306 e. The summed E-state index contributed by atoms with van der Waals surface area (Å²) in [7, 11) is -1.29. The summed E-state index contributed by atoms with van der Waals surface area (Å²) in [6.07, 6.45) is 5.65. The van der Waals surface area contributed by atoms with Gasteiger partial charge in [0.15, 0.2) is 0 Å². The molecule has 0 radical (unpaired) electrons. The van der Waals surface area contributed by atoms with Gasteiger partial charge in [-0.3, -0.25) is 0 Å². The maximum absolute atomic E-state index is 2.52. The molecular formula is C12H25NSi. The van der Waals surface area contributed by atoms with E-state index in [1.165, 1.54) is 6.17 Å². The van der Waals surface area contributed by atoms with Gasteiger partial charge in [0.2, 0.25) is 0 Å². The average Bonchev–Trinajstić information content (AvgIpc) is 2.15. The maximum Gasteiger partial charge on any atom is 0.112 e. The second-order valence-electron chi connectivity index (χ2n) is 3.97. The highest BCUT2D eigenvalue weighted by Crippen LogP contribution is 2.09. The topological polar surface area (TPSA) is 3.24 Å². The van der Waals surface area contributed by atoms with Crippen molar-refractivity contribution in [3.63, 3.8) is 0 Å². The molecule has 82 valence electrons. The summed E-state index contributed by atoms with van der Waals surface area (Å²) in [4.78, 5) is 2.52. The zero-order valence-corrected chi connectivity index (χ0v) is 11.4. The Kier molecular flexibility index (Phi) is 6.84. The molecule has 0 atom stereocenters. The molecule has 0 aliphatic heterocycles. The van der Waals surface area contributed by atoms with Crippen LogP contribution in [-0.4, -0.2) is 32.2 Å². The van der Waals surface area contributed by atoms with Crippen LogP contribution in [0, 0.1) is 0 Å². The standard InChI is InChI=1S/C12H25NSi/c1-6-10-14(5,11-7-2)12-13(8-3)9-4/h6-7,10-11H,8-9,12H2,1-5H3. The summed E-state index contributed by atoms with van der Waals surface area (Å²) >= 11 is 0. The minimum atomic E-state index is -1.29. The maximum atomic E-state index is 2.52. The van der Waals surface area contributed by atoms with E-state index in [0.717, 1.165) is 13.1 Å². The SMILES string of the molecule is CC=C[Si](C)(C=CC)CN(CC)CC. The van der Waals surface area contributed by atoms with Gasteiger partial charge in [-0.15, -0.1) is 0 Å². The minimum absolute atomic E-state index is 1.16. The van der Waals surface area contributed by atoms with Gasteiger partial charge in [-0.1, -0.05) is 43.9 Å². The first kappa shape index (κ1) is 13.7. The molecule has 0 saturated carbocycles. The molecule has 0 aliphatic carbocycles. The van der Waals surface area contributed by atoms with E-state index < -0.39 is 8.07 Å². The number of allylic oxidation sites excluding steroid dienone is 2. The van der Waals surface area contributed by atoms with Crippen LogP contribution < -0.4 is 0 Å². The van der Waals surface area contributed by atoms with Gasteiger partial charge < -0.3 is 4.90 Å². The first-order chi connectivity index (χ1) is 6.61. The highest BCUT2D eigenvalue weighted by atomic mass is 28.3. The van der Waals surface area contributed by atoms with Crippen LogP contribution in [0.15, 0.2) is 23.6 Å². The summed E-state index contributed by atoms with van der Waals surface area (Å²) in [5.74, 6) is 0. The van der Waals surface area contributed by atoms with Crippen LogP contribution in [0.1, 0.15) is 27.7 Å². The van der Waals surface area contributed by atoms with Gasteiger partial charge >= 0.3 is 0 Å². The molecule has 0 spiro atoms. The monoisotopic (exact) mass is 211 g/mol.